The monoisotopic (exact) mass is 345 g/mol. The number of fused-ring (bicyclic) bond motifs is 1. The number of rotatable bonds is 4. The fraction of sp³-hybridized carbons (Fsp3) is 0.650. The molecule has 0 radical (unpaired) electrons. The molecule has 1 saturated carbocycles. The van der Waals surface area contributed by atoms with Crippen molar-refractivity contribution in [3.8, 4) is 0 Å². The average molecular weight is 345 g/mol. The quantitative estimate of drug-likeness (QED) is 0.781. The van der Waals surface area contributed by atoms with Crippen molar-refractivity contribution in [2.24, 2.45) is 0 Å². The van der Waals surface area contributed by atoms with Gasteiger partial charge in [-0.2, -0.15) is 0 Å². The Balaban J connectivity index is 1.58. The SMILES string of the molecule is CC(C)(C)N(CCc1ccc(C2N[C@@H]3CCCC[C@H]3N2)cc1)C(=O)O. The van der Waals surface area contributed by atoms with Crippen LogP contribution in [0.3, 0.4) is 0 Å². The summed E-state index contributed by atoms with van der Waals surface area (Å²) in [6.45, 7) is 6.31. The molecule has 0 aromatic heterocycles. The molecular formula is C20H31N3O2. The minimum atomic E-state index is -0.855. The highest BCUT2D eigenvalue weighted by molar-refractivity contribution is 5.66. The van der Waals surface area contributed by atoms with Gasteiger partial charge in [0.25, 0.3) is 0 Å². The second-order valence-electron chi connectivity index (χ2n) is 8.36. The normalized spacial score (nSPS) is 24.1. The van der Waals surface area contributed by atoms with Gasteiger partial charge in [0, 0.05) is 24.2 Å². The van der Waals surface area contributed by atoms with Crippen LogP contribution < -0.4 is 10.6 Å². The smallest absolute Gasteiger partial charge is 0.407 e. The Kier molecular flexibility index (Phi) is 5.35. The Morgan fingerprint density at radius 1 is 1.12 bits per heavy atom. The predicted octanol–water partition coefficient (Wildman–Crippen LogP) is 3.51. The van der Waals surface area contributed by atoms with E-state index < -0.39 is 6.09 Å². The van der Waals surface area contributed by atoms with Crippen molar-refractivity contribution < 1.29 is 9.90 Å². The molecule has 1 amide bonds. The van der Waals surface area contributed by atoms with Crippen LogP contribution in [-0.2, 0) is 6.42 Å². The molecule has 1 aromatic carbocycles. The Morgan fingerprint density at radius 3 is 2.16 bits per heavy atom. The highest BCUT2D eigenvalue weighted by Crippen LogP contribution is 2.28. The fourth-order valence-corrected chi connectivity index (χ4v) is 4.03. The zero-order valence-corrected chi connectivity index (χ0v) is 15.6. The van der Waals surface area contributed by atoms with Crippen molar-refractivity contribution in [1.29, 1.82) is 0 Å². The van der Waals surface area contributed by atoms with E-state index in [-0.39, 0.29) is 11.7 Å². The van der Waals surface area contributed by atoms with Crippen LogP contribution in [0.15, 0.2) is 24.3 Å². The van der Waals surface area contributed by atoms with Gasteiger partial charge < -0.3 is 10.0 Å². The Hall–Kier alpha value is -1.59. The van der Waals surface area contributed by atoms with Crippen molar-refractivity contribution in [3.05, 3.63) is 35.4 Å². The number of hydrogen-bond acceptors (Lipinski definition) is 3. The molecule has 0 unspecified atom stereocenters. The molecule has 2 aliphatic rings. The van der Waals surface area contributed by atoms with Crippen LogP contribution in [0, 0.1) is 0 Å². The van der Waals surface area contributed by atoms with Crippen molar-refractivity contribution in [1.82, 2.24) is 15.5 Å². The lowest BCUT2D eigenvalue weighted by Crippen LogP contribution is -2.45. The van der Waals surface area contributed by atoms with Gasteiger partial charge in [0.05, 0.1) is 6.17 Å². The Morgan fingerprint density at radius 2 is 1.68 bits per heavy atom. The second kappa shape index (κ2) is 7.34. The van der Waals surface area contributed by atoms with E-state index in [1.807, 2.05) is 20.8 Å². The van der Waals surface area contributed by atoms with Crippen molar-refractivity contribution in [3.63, 3.8) is 0 Å². The molecule has 0 bridgehead atoms. The summed E-state index contributed by atoms with van der Waals surface area (Å²) < 4.78 is 0. The number of nitrogens with one attached hydrogen (secondary N) is 2. The molecule has 1 saturated heterocycles. The van der Waals surface area contributed by atoms with Gasteiger partial charge in [-0.25, -0.2) is 4.79 Å². The summed E-state index contributed by atoms with van der Waals surface area (Å²) >= 11 is 0. The molecule has 2 fully saturated rings. The minimum Gasteiger partial charge on any atom is -0.465 e. The van der Waals surface area contributed by atoms with Gasteiger partial charge >= 0.3 is 6.09 Å². The highest BCUT2D eigenvalue weighted by atomic mass is 16.4. The number of carbonyl (C=O) groups is 1. The van der Waals surface area contributed by atoms with Crippen LogP contribution in [-0.4, -0.2) is 40.3 Å². The summed E-state index contributed by atoms with van der Waals surface area (Å²) in [6, 6.07) is 9.80. The molecule has 3 rings (SSSR count). The number of hydrogen-bond donors (Lipinski definition) is 3. The molecule has 5 heteroatoms. The third kappa shape index (κ3) is 4.33. The van der Waals surface area contributed by atoms with Gasteiger partial charge in [-0.3, -0.25) is 10.6 Å². The van der Waals surface area contributed by atoms with Gasteiger partial charge in [-0.05, 0) is 51.2 Å². The summed E-state index contributed by atoms with van der Waals surface area (Å²) in [7, 11) is 0. The van der Waals surface area contributed by atoms with Crippen LogP contribution in [0.4, 0.5) is 4.79 Å². The van der Waals surface area contributed by atoms with Crippen molar-refractivity contribution >= 4 is 6.09 Å². The maximum absolute atomic E-state index is 11.4. The number of benzene rings is 1. The van der Waals surface area contributed by atoms with E-state index in [1.165, 1.54) is 41.7 Å². The fourth-order valence-electron chi connectivity index (χ4n) is 4.03. The molecule has 5 nitrogen and oxygen atoms in total. The van der Waals surface area contributed by atoms with Gasteiger partial charge in [0.15, 0.2) is 0 Å². The largest absolute Gasteiger partial charge is 0.465 e. The minimum absolute atomic E-state index is 0.243. The molecule has 0 spiro atoms. The average Bonchev–Trinajstić information content (AvgIpc) is 2.98. The third-order valence-electron chi connectivity index (χ3n) is 5.51. The lowest BCUT2D eigenvalue weighted by atomic mass is 9.92. The molecule has 1 aliphatic carbocycles. The van der Waals surface area contributed by atoms with E-state index in [1.54, 1.807) is 0 Å². The zero-order valence-electron chi connectivity index (χ0n) is 15.6. The van der Waals surface area contributed by atoms with E-state index in [0.29, 0.717) is 18.6 Å². The summed E-state index contributed by atoms with van der Waals surface area (Å²) in [5, 5.41) is 16.8. The molecule has 25 heavy (non-hydrogen) atoms. The van der Waals surface area contributed by atoms with Gasteiger partial charge in [0.1, 0.15) is 0 Å². The highest BCUT2D eigenvalue weighted by Gasteiger charge is 2.34. The first-order valence-corrected chi connectivity index (χ1v) is 9.46. The first kappa shape index (κ1) is 18.2. The van der Waals surface area contributed by atoms with Crippen LogP contribution in [0.2, 0.25) is 0 Å². The first-order chi connectivity index (χ1) is 11.8. The molecule has 3 N–H and O–H groups in total. The van der Waals surface area contributed by atoms with Gasteiger partial charge in [-0.1, -0.05) is 37.1 Å². The summed E-state index contributed by atoms with van der Waals surface area (Å²) in [6.07, 6.45) is 5.32. The van der Waals surface area contributed by atoms with Crippen LogP contribution in [0.5, 0.6) is 0 Å². The second-order valence-corrected chi connectivity index (χ2v) is 8.36. The summed E-state index contributed by atoms with van der Waals surface area (Å²) in [5.41, 5.74) is 2.07. The Labute approximate surface area is 150 Å². The van der Waals surface area contributed by atoms with Crippen molar-refractivity contribution in [2.75, 3.05) is 6.54 Å². The number of nitrogens with zero attached hydrogens (tertiary/aromatic N) is 1. The predicted molar refractivity (Wildman–Crippen MR) is 99.7 cm³/mol. The molecule has 1 aromatic rings. The van der Waals surface area contributed by atoms with E-state index in [2.05, 4.69) is 34.9 Å². The maximum atomic E-state index is 11.4. The topological polar surface area (TPSA) is 64.6 Å². The van der Waals surface area contributed by atoms with E-state index >= 15 is 0 Å². The van der Waals surface area contributed by atoms with Crippen molar-refractivity contribution in [2.45, 2.75) is 76.7 Å². The summed E-state index contributed by atoms with van der Waals surface area (Å²) in [5.74, 6) is 0. The van der Waals surface area contributed by atoms with Gasteiger partial charge in [0.2, 0.25) is 0 Å². The first-order valence-electron chi connectivity index (χ1n) is 9.46. The van der Waals surface area contributed by atoms with Crippen LogP contribution >= 0.6 is 0 Å². The standard InChI is InChI=1S/C20H31N3O2/c1-20(2,3)23(19(24)25)13-12-14-8-10-15(11-9-14)18-21-16-6-4-5-7-17(16)22-18/h8-11,16-18,21-22H,4-7,12-13H2,1-3H3,(H,24,25)/t16-,17-/m1/s1. The molecular weight excluding hydrogens is 314 g/mol. The third-order valence-corrected chi connectivity index (χ3v) is 5.51. The number of carboxylic acid groups (broad SMARTS) is 1. The summed E-state index contributed by atoms with van der Waals surface area (Å²) in [4.78, 5) is 12.9. The number of amides is 1. The molecule has 1 heterocycles. The zero-order chi connectivity index (χ0) is 18.0. The maximum Gasteiger partial charge on any atom is 0.407 e. The van der Waals surface area contributed by atoms with E-state index in [0.717, 1.165) is 6.42 Å². The van der Waals surface area contributed by atoms with E-state index in [9.17, 15) is 9.90 Å². The van der Waals surface area contributed by atoms with E-state index in [4.69, 9.17) is 0 Å². The lowest BCUT2D eigenvalue weighted by molar-refractivity contribution is 0.101. The van der Waals surface area contributed by atoms with Gasteiger partial charge in [-0.15, -0.1) is 0 Å². The molecule has 138 valence electrons. The Bertz CT molecular complexity index is 580. The van der Waals surface area contributed by atoms with Crippen LogP contribution in [0.1, 0.15) is 63.7 Å². The molecule has 2 atom stereocenters. The molecule has 1 aliphatic heterocycles. The lowest BCUT2D eigenvalue weighted by Gasteiger charge is -2.33. The van der Waals surface area contributed by atoms with Crippen LogP contribution in [0.25, 0.3) is 0 Å².